The van der Waals surface area contributed by atoms with Crippen LogP contribution in [0.5, 0.6) is 0 Å². The van der Waals surface area contributed by atoms with Gasteiger partial charge < -0.3 is 9.47 Å². The maximum Gasteiger partial charge on any atom is 0.309 e. The third-order valence-electron chi connectivity index (χ3n) is 2.43. The highest BCUT2D eigenvalue weighted by molar-refractivity contribution is 5.81. The predicted octanol–water partition coefficient (Wildman–Crippen LogP) is 0.943. The Labute approximate surface area is 101 Å². The SMILES string of the molecule is COOCCCOC(=O)C(C)C(C)C(=O)OC. The van der Waals surface area contributed by atoms with Gasteiger partial charge in [0.15, 0.2) is 0 Å². The fourth-order valence-electron chi connectivity index (χ4n) is 1.10. The third kappa shape index (κ3) is 6.23. The summed E-state index contributed by atoms with van der Waals surface area (Å²) in [5.41, 5.74) is 0. The smallest absolute Gasteiger partial charge is 0.309 e. The maximum absolute atomic E-state index is 11.5. The summed E-state index contributed by atoms with van der Waals surface area (Å²) in [5.74, 6) is -1.87. The number of ether oxygens (including phenoxy) is 2. The second-order valence-electron chi connectivity index (χ2n) is 3.61. The normalized spacial score (nSPS) is 13.9. The Morgan fingerprint density at radius 2 is 1.59 bits per heavy atom. The van der Waals surface area contributed by atoms with Crippen LogP contribution < -0.4 is 0 Å². The van der Waals surface area contributed by atoms with Gasteiger partial charge in [-0.05, 0) is 0 Å². The zero-order chi connectivity index (χ0) is 13.3. The molecule has 0 amide bonds. The molecule has 0 N–H and O–H groups in total. The van der Waals surface area contributed by atoms with Crippen LogP contribution in [0.2, 0.25) is 0 Å². The minimum Gasteiger partial charge on any atom is -0.469 e. The largest absolute Gasteiger partial charge is 0.469 e. The summed E-state index contributed by atoms with van der Waals surface area (Å²) in [6.07, 6.45) is 0.541. The topological polar surface area (TPSA) is 71.1 Å². The van der Waals surface area contributed by atoms with Crippen LogP contribution in [0.1, 0.15) is 20.3 Å². The Morgan fingerprint density at radius 3 is 2.12 bits per heavy atom. The van der Waals surface area contributed by atoms with Crippen molar-refractivity contribution in [3.05, 3.63) is 0 Å². The first kappa shape index (κ1) is 15.9. The second-order valence-corrected chi connectivity index (χ2v) is 3.61. The predicted molar refractivity (Wildman–Crippen MR) is 58.9 cm³/mol. The number of carbonyl (C=O) groups excluding carboxylic acids is 2. The highest BCUT2D eigenvalue weighted by Gasteiger charge is 2.27. The van der Waals surface area contributed by atoms with E-state index in [0.29, 0.717) is 13.0 Å². The molecule has 0 bridgehead atoms. The number of rotatable bonds is 8. The van der Waals surface area contributed by atoms with Crippen LogP contribution in [0.3, 0.4) is 0 Å². The van der Waals surface area contributed by atoms with Crippen molar-refractivity contribution in [1.29, 1.82) is 0 Å². The molecule has 0 saturated carbocycles. The van der Waals surface area contributed by atoms with Gasteiger partial charge in [-0.2, -0.15) is 0 Å². The molecule has 0 fully saturated rings. The summed E-state index contributed by atoms with van der Waals surface area (Å²) in [5, 5.41) is 0. The minimum absolute atomic E-state index is 0.237. The van der Waals surface area contributed by atoms with E-state index in [0.717, 1.165) is 0 Å². The van der Waals surface area contributed by atoms with Gasteiger partial charge in [0.2, 0.25) is 0 Å². The lowest BCUT2D eigenvalue weighted by Gasteiger charge is -2.16. The molecule has 0 rings (SSSR count). The van der Waals surface area contributed by atoms with Gasteiger partial charge in [0, 0.05) is 6.42 Å². The molecule has 0 aromatic heterocycles. The van der Waals surface area contributed by atoms with Gasteiger partial charge in [0.1, 0.15) is 0 Å². The lowest BCUT2D eigenvalue weighted by atomic mass is 9.96. The van der Waals surface area contributed by atoms with Crippen LogP contribution >= 0.6 is 0 Å². The van der Waals surface area contributed by atoms with Crippen molar-refractivity contribution in [3.63, 3.8) is 0 Å². The fourth-order valence-corrected chi connectivity index (χ4v) is 1.10. The van der Waals surface area contributed by atoms with Crippen LogP contribution in [0.25, 0.3) is 0 Å². The highest BCUT2D eigenvalue weighted by atomic mass is 17.2. The zero-order valence-corrected chi connectivity index (χ0v) is 10.7. The van der Waals surface area contributed by atoms with Crippen molar-refractivity contribution in [2.24, 2.45) is 11.8 Å². The van der Waals surface area contributed by atoms with Crippen molar-refractivity contribution >= 4 is 11.9 Å². The number of hydrogen-bond acceptors (Lipinski definition) is 6. The van der Waals surface area contributed by atoms with Crippen LogP contribution in [-0.4, -0.2) is 39.4 Å². The maximum atomic E-state index is 11.5. The summed E-state index contributed by atoms with van der Waals surface area (Å²) in [6.45, 7) is 3.85. The van der Waals surface area contributed by atoms with Crippen LogP contribution in [0.15, 0.2) is 0 Å². The van der Waals surface area contributed by atoms with Gasteiger partial charge in [-0.1, -0.05) is 13.8 Å². The molecule has 0 heterocycles. The molecule has 0 aliphatic rings. The van der Waals surface area contributed by atoms with Crippen molar-refractivity contribution in [1.82, 2.24) is 0 Å². The molecule has 2 atom stereocenters. The Hall–Kier alpha value is -1.14. The Balaban J connectivity index is 3.85. The van der Waals surface area contributed by atoms with E-state index in [1.54, 1.807) is 13.8 Å². The molecular weight excluding hydrogens is 228 g/mol. The lowest BCUT2D eigenvalue weighted by molar-refractivity contribution is -0.273. The van der Waals surface area contributed by atoms with E-state index >= 15 is 0 Å². The molecule has 0 aliphatic carbocycles. The molecule has 2 unspecified atom stereocenters. The first-order chi connectivity index (χ1) is 8.04. The quantitative estimate of drug-likeness (QED) is 0.275. The summed E-state index contributed by atoms with van der Waals surface area (Å²) < 4.78 is 9.54. The van der Waals surface area contributed by atoms with E-state index < -0.39 is 23.8 Å². The molecule has 0 spiro atoms. The summed E-state index contributed by atoms with van der Waals surface area (Å²) in [4.78, 5) is 31.7. The van der Waals surface area contributed by atoms with E-state index in [-0.39, 0.29) is 6.61 Å². The van der Waals surface area contributed by atoms with Crippen LogP contribution in [0, 0.1) is 11.8 Å². The first-order valence-corrected chi connectivity index (χ1v) is 5.44. The van der Waals surface area contributed by atoms with Crippen molar-refractivity contribution < 1.29 is 28.8 Å². The van der Waals surface area contributed by atoms with E-state index in [1.807, 2.05) is 0 Å². The standard InChI is InChI=1S/C11H20O6/c1-8(10(12)14-3)9(2)11(13)16-6-5-7-17-15-4/h8-9H,5-7H2,1-4H3. The number of methoxy groups -OCH3 is 1. The summed E-state index contributed by atoms with van der Waals surface area (Å²) in [6, 6.07) is 0. The van der Waals surface area contributed by atoms with Crippen molar-refractivity contribution in [2.75, 3.05) is 27.4 Å². The Morgan fingerprint density at radius 1 is 1.00 bits per heavy atom. The first-order valence-electron chi connectivity index (χ1n) is 5.44. The molecule has 0 aromatic carbocycles. The third-order valence-corrected chi connectivity index (χ3v) is 2.43. The number of esters is 2. The van der Waals surface area contributed by atoms with Gasteiger partial charge >= 0.3 is 11.9 Å². The van der Waals surface area contributed by atoms with Crippen LogP contribution in [-0.2, 0) is 28.8 Å². The highest BCUT2D eigenvalue weighted by Crippen LogP contribution is 2.14. The van der Waals surface area contributed by atoms with Crippen molar-refractivity contribution in [3.8, 4) is 0 Å². The monoisotopic (exact) mass is 248 g/mol. The zero-order valence-electron chi connectivity index (χ0n) is 10.7. The molecule has 6 nitrogen and oxygen atoms in total. The van der Waals surface area contributed by atoms with Gasteiger partial charge in [-0.15, -0.1) is 0 Å². The average molecular weight is 248 g/mol. The molecule has 0 aliphatic heterocycles. The lowest BCUT2D eigenvalue weighted by Crippen LogP contribution is -2.28. The molecule has 100 valence electrons. The van der Waals surface area contributed by atoms with Gasteiger partial charge in [-0.3, -0.25) is 9.59 Å². The molecule has 0 saturated heterocycles. The molecule has 6 heteroatoms. The average Bonchev–Trinajstić information content (AvgIpc) is 2.35. The van der Waals surface area contributed by atoms with Crippen LogP contribution in [0.4, 0.5) is 0 Å². The Kier molecular flexibility index (Phi) is 8.35. The van der Waals surface area contributed by atoms with Gasteiger partial charge in [0.05, 0.1) is 39.3 Å². The van der Waals surface area contributed by atoms with E-state index in [4.69, 9.17) is 4.74 Å². The minimum atomic E-state index is -0.522. The van der Waals surface area contributed by atoms with E-state index in [1.165, 1.54) is 14.2 Å². The van der Waals surface area contributed by atoms with E-state index in [9.17, 15) is 9.59 Å². The van der Waals surface area contributed by atoms with Gasteiger partial charge in [0.25, 0.3) is 0 Å². The number of hydrogen-bond donors (Lipinski definition) is 0. The molecule has 0 aromatic rings. The fraction of sp³-hybridized carbons (Fsp3) is 0.818. The Bertz CT molecular complexity index is 240. The molecule has 0 radical (unpaired) electrons. The van der Waals surface area contributed by atoms with E-state index in [2.05, 4.69) is 14.5 Å². The molecular formula is C11H20O6. The summed E-state index contributed by atoms with van der Waals surface area (Å²) >= 11 is 0. The summed E-state index contributed by atoms with van der Waals surface area (Å²) in [7, 11) is 2.70. The molecule has 17 heavy (non-hydrogen) atoms. The number of carbonyl (C=O) groups is 2. The van der Waals surface area contributed by atoms with Crippen molar-refractivity contribution in [2.45, 2.75) is 20.3 Å². The van der Waals surface area contributed by atoms with Gasteiger partial charge in [-0.25, -0.2) is 9.78 Å². The second kappa shape index (κ2) is 8.95.